The molecule has 1 aromatic heterocycles. The molecule has 23 heavy (non-hydrogen) atoms. The fourth-order valence-electron chi connectivity index (χ4n) is 1.93. The second-order valence-corrected chi connectivity index (χ2v) is 6.35. The number of thioether (sulfide) groups is 1. The Morgan fingerprint density at radius 2 is 1.87 bits per heavy atom. The van der Waals surface area contributed by atoms with Gasteiger partial charge in [0.25, 0.3) is 5.82 Å². The van der Waals surface area contributed by atoms with Gasteiger partial charge in [-0.3, -0.25) is 0 Å². The lowest BCUT2D eigenvalue weighted by Gasteiger charge is -2.19. The van der Waals surface area contributed by atoms with Crippen LogP contribution in [0.1, 0.15) is 11.4 Å². The largest absolute Gasteiger partial charge is 0.486 e. The Hall–Kier alpha value is -1.62. The fraction of sp³-hybridized carbons (Fsp3) is 0.333. The molecule has 0 amide bonds. The van der Waals surface area contributed by atoms with Gasteiger partial charge in [0.1, 0.15) is 13.2 Å². The topological polar surface area (TPSA) is 75.2 Å². The van der Waals surface area contributed by atoms with Gasteiger partial charge in [-0.1, -0.05) is 27.7 Å². The maximum absolute atomic E-state index is 12.6. The zero-order chi connectivity index (χ0) is 16.6. The molecule has 0 unspecified atom stereocenters. The van der Waals surface area contributed by atoms with Crippen LogP contribution < -0.4 is 15.3 Å². The lowest BCUT2D eigenvalue weighted by atomic mass is 10.2. The van der Waals surface area contributed by atoms with Crippen LogP contribution in [-0.2, 0) is 11.9 Å². The van der Waals surface area contributed by atoms with Crippen LogP contribution in [0.25, 0.3) is 0 Å². The first-order valence-electron chi connectivity index (χ1n) is 6.35. The molecule has 0 saturated heterocycles. The van der Waals surface area contributed by atoms with Crippen LogP contribution in [0.5, 0.6) is 11.5 Å². The van der Waals surface area contributed by atoms with E-state index in [4.69, 9.17) is 15.3 Å². The number of ether oxygens (including phenoxy) is 2. The summed E-state index contributed by atoms with van der Waals surface area (Å²) < 4.78 is 50.0. The first-order valence-corrected chi connectivity index (χ1v) is 8.12. The minimum atomic E-state index is -4.64. The number of rotatable bonds is 3. The van der Waals surface area contributed by atoms with Crippen LogP contribution in [0.15, 0.2) is 21.8 Å². The molecule has 0 atom stereocenters. The SMILES string of the molecule is Nn1c(SCc2cc3c(cc2Br)OCCO3)nnc1C(F)(F)F. The van der Waals surface area contributed by atoms with E-state index in [0.717, 1.165) is 21.8 Å². The van der Waals surface area contributed by atoms with Crippen molar-refractivity contribution in [2.45, 2.75) is 17.1 Å². The highest BCUT2D eigenvalue weighted by Gasteiger charge is 2.38. The van der Waals surface area contributed by atoms with Gasteiger partial charge in [-0.2, -0.15) is 13.2 Å². The Bertz CT molecular complexity index is 738. The highest BCUT2D eigenvalue weighted by Crippen LogP contribution is 2.38. The Morgan fingerprint density at radius 1 is 1.22 bits per heavy atom. The number of nitrogens with zero attached hydrogens (tertiary/aromatic N) is 3. The van der Waals surface area contributed by atoms with Crippen molar-refractivity contribution in [2.75, 3.05) is 19.1 Å². The van der Waals surface area contributed by atoms with Crippen LogP contribution in [0, 0.1) is 0 Å². The molecule has 11 heteroatoms. The first-order chi connectivity index (χ1) is 10.9. The maximum Gasteiger partial charge on any atom is 0.453 e. The predicted molar refractivity (Wildman–Crippen MR) is 79.9 cm³/mol. The molecule has 2 N–H and O–H groups in total. The van der Waals surface area contributed by atoms with Crippen molar-refractivity contribution in [3.05, 3.63) is 28.0 Å². The molecule has 0 spiro atoms. The molecule has 0 fully saturated rings. The van der Waals surface area contributed by atoms with Gasteiger partial charge in [0.05, 0.1) is 0 Å². The summed E-state index contributed by atoms with van der Waals surface area (Å²) >= 11 is 4.44. The minimum absolute atomic E-state index is 0.0286. The van der Waals surface area contributed by atoms with E-state index in [1.807, 2.05) is 0 Å². The molecule has 2 heterocycles. The predicted octanol–water partition coefficient (Wildman–Crippen LogP) is 2.84. The smallest absolute Gasteiger partial charge is 0.453 e. The number of hydrogen-bond donors (Lipinski definition) is 1. The van der Waals surface area contributed by atoms with Crippen molar-refractivity contribution in [1.82, 2.24) is 14.9 Å². The number of alkyl halides is 3. The first kappa shape index (κ1) is 16.2. The summed E-state index contributed by atoms with van der Waals surface area (Å²) in [6, 6.07) is 3.53. The second kappa shape index (κ2) is 6.11. The maximum atomic E-state index is 12.6. The van der Waals surface area contributed by atoms with Crippen molar-refractivity contribution in [2.24, 2.45) is 0 Å². The van der Waals surface area contributed by atoms with Gasteiger partial charge in [-0.05, 0) is 17.7 Å². The summed E-state index contributed by atoms with van der Waals surface area (Å²) in [5.74, 6) is 5.72. The third-order valence-electron chi connectivity index (χ3n) is 2.99. The third kappa shape index (κ3) is 3.34. The van der Waals surface area contributed by atoms with Gasteiger partial charge >= 0.3 is 6.18 Å². The molecule has 124 valence electrons. The number of aromatic nitrogens is 3. The van der Waals surface area contributed by atoms with Gasteiger partial charge in [0.2, 0.25) is 5.16 Å². The van der Waals surface area contributed by atoms with Crippen LogP contribution >= 0.6 is 27.7 Å². The minimum Gasteiger partial charge on any atom is -0.486 e. The van der Waals surface area contributed by atoms with Crippen LogP contribution in [0.2, 0.25) is 0 Å². The molecule has 2 aromatic rings. The lowest BCUT2D eigenvalue weighted by molar-refractivity contribution is -0.146. The Labute approximate surface area is 141 Å². The summed E-state index contributed by atoms with van der Waals surface area (Å²) in [6.07, 6.45) is -4.64. The standard InChI is InChI=1S/C12H10BrF3N4O2S/c13-7-4-9-8(21-1-2-22-9)3-6(7)5-23-11-19-18-10(20(11)17)12(14,15)16/h3-4H,1-2,5,17H2. The average Bonchev–Trinajstić information content (AvgIpc) is 2.86. The highest BCUT2D eigenvalue weighted by atomic mass is 79.9. The quantitative estimate of drug-likeness (QED) is 0.619. The number of halogens is 4. The Kier molecular flexibility index (Phi) is 4.32. The Balaban J connectivity index is 1.78. The van der Waals surface area contributed by atoms with Crippen LogP contribution in [0.3, 0.4) is 0 Å². The molecule has 6 nitrogen and oxygen atoms in total. The van der Waals surface area contributed by atoms with E-state index in [1.165, 1.54) is 0 Å². The van der Waals surface area contributed by atoms with Crippen molar-refractivity contribution >= 4 is 27.7 Å². The molecule has 0 bridgehead atoms. The van der Waals surface area contributed by atoms with Crippen molar-refractivity contribution < 1.29 is 22.6 Å². The lowest BCUT2D eigenvalue weighted by Crippen LogP contribution is -2.21. The summed E-state index contributed by atoms with van der Waals surface area (Å²) in [6.45, 7) is 0.928. The van der Waals surface area contributed by atoms with E-state index in [2.05, 4.69) is 26.1 Å². The van der Waals surface area contributed by atoms with E-state index >= 15 is 0 Å². The van der Waals surface area contributed by atoms with Gasteiger partial charge in [0.15, 0.2) is 11.5 Å². The average molecular weight is 411 g/mol. The van der Waals surface area contributed by atoms with Gasteiger partial charge in [-0.25, -0.2) is 4.68 Å². The van der Waals surface area contributed by atoms with E-state index < -0.39 is 12.0 Å². The Morgan fingerprint density at radius 3 is 2.48 bits per heavy atom. The van der Waals surface area contributed by atoms with Crippen molar-refractivity contribution in [3.63, 3.8) is 0 Å². The molecule has 0 saturated carbocycles. The van der Waals surface area contributed by atoms with Gasteiger partial charge in [0, 0.05) is 10.2 Å². The molecule has 0 radical (unpaired) electrons. The monoisotopic (exact) mass is 410 g/mol. The molecule has 0 aliphatic carbocycles. The van der Waals surface area contributed by atoms with Crippen molar-refractivity contribution in [3.8, 4) is 11.5 Å². The van der Waals surface area contributed by atoms with Gasteiger partial charge in [-0.15, -0.1) is 10.2 Å². The van der Waals surface area contributed by atoms with E-state index in [-0.39, 0.29) is 5.16 Å². The third-order valence-corrected chi connectivity index (χ3v) is 4.72. The summed E-state index contributed by atoms with van der Waals surface area (Å²) in [4.78, 5) is 0. The number of benzene rings is 1. The van der Waals surface area contributed by atoms with Crippen LogP contribution in [0.4, 0.5) is 13.2 Å². The highest BCUT2D eigenvalue weighted by molar-refractivity contribution is 9.10. The zero-order valence-corrected chi connectivity index (χ0v) is 13.8. The molecule has 1 aromatic carbocycles. The van der Waals surface area contributed by atoms with E-state index in [0.29, 0.717) is 35.1 Å². The van der Waals surface area contributed by atoms with Gasteiger partial charge < -0.3 is 15.3 Å². The molecule has 3 rings (SSSR count). The van der Waals surface area contributed by atoms with E-state index in [9.17, 15) is 13.2 Å². The normalized spacial score (nSPS) is 14.1. The fourth-order valence-corrected chi connectivity index (χ4v) is 3.42. The number of fused-ring (bicyclic) bond motifs is 1. The molecular formula is C12H10BrF3N4O2S. The number of nitrogen functional groups attached to an aromatic ring is 1. The molecular weight excluding hydrogens is 401 g/mol. The molecule has 1 aliphatic heterocycles. The zero-order valence-electron chi connectivity index (χ0n) is 11.4. The van der Waals surface area contributed by atoms with E-state index in [1.54, 1.807) is 12.1 Å². The van der Waals surface area contributed by atoms with Crippen LogP contribution in [-0.4, -0.2) is 28.1 Å². The summed E-state index contributed by atoms with van der Waals surface area (Å²) in [5.41, 5.74) is 0.816. The number of hydrogen-bond acceptors (Lipinski definition) is 6. The van der Waals surface area contributed by atoms with Crippen molar-refractivity contribution in [1.29, 1.82) is 0 Å². The summed E-state index contributed by atoms with van der Waals surface area (Å²) in [5, 5.41) is 6.52. The molecule has 1 aliphatic rings. The summed E-state index contributed by atoms with van der Waals surface area (Å²) in [7, 11) is 0. The second-order valence-electron chi connectivity index (χ2n) is 4.55. The number of nitrogens with two attached hydrogens (primary N) is 1.